The molecule has 0 amide bonds. The second-order valence-corrected chi connectivity index (χ2v) is 4.15. The van der Waals surface area contributed by atoms with Gasteiger partial charge in [0.15, 0.2) is 17.4 Å². The minimum Gasteiger partial charge on any atom is -0.436 e. The fourth-order valence-electron chi connectivity index (χ4n) is 1.42. The molecule has 0 aliphatic carbocycles. The fourth-order valence-corrected chi connectivity index (χ4v) is 1.61. The van der Waals surface area contributed by atoms with E-state index in [1.54, 1.807) is 0 Å². The summed E-state index contributed by atoms with van der Waals surface area (Å²) in [6.45, 7) is 2.49. The first-order valence-electron chi connectivity index (χ1n) is 5.82. The number of nitrogens with zero attached hydrogens (tertiary/aromatic N) is 2. The van der Waals surface area contributed by atoms with Crippen molar-refractivity contribution >= 4 is 11.6 Å². The van der Waals surface area contributed by atoms with Crippen molar-refractivity contribution < 1.29 is 18.3 Å². The quantitative estimate of drug-likeness (QED) is 0.789. The van der Waals surface area contributed by atoms with Crippen LogP contribution in [0.2, 0.25) is 5.15 Å². The Morgan fingerprint density at radius 1 is 1.20 bits per heavy atom. The van der Waals surface area contributed by atoms with Crippen LogP contribution in [0, 0.1) is 11.6 Å². The summed E-state index contributed by atoms with van der Waals surface area (Å²) in [5.41, 5.74) is 0. The molecule has 0 unspecified atom stereocenters. The van der Waals surface area contributed by atoms with E-state index in [-0.39, 0.29) is 23.4 Å². The average molecular weight is 301 g/mol. The van der Waals surface area contributed by atoms with Crippen molar-refractivity contribution in [2.45, 2.75) is 13.5 Å². The molecule has 0 atom stereocenters. The van der Waals surface area contributed by atoms with E-state index < -0.39 is 11.6 Å². The summed E-state index contributed by atoms with van der Waals surface area (Å²) >= 11 is 5.82. The summed E-state index contributed by atoms with van der Waals surface area (Å²) in [5, 5.41) is 0.146. The lowest BCUT2D eigenvalue weighted by Crippen LogP contribution is -2.01. The topological polar surface area (TPSA) is 44.2 Å². The van der Waals surface area contributed by atoms with Gasteiger partial charge < -0.3 is 9.47 Å². The highest BCUT2D eigenvalue weighted by Gasteiger charge is 2.09. The third-order valence-electron chi connectivity index (χ3n) is 2.26. The molecule has 1 aromatic heterocycles. The molecule has 1 aromatic carbocycles. The SMILES string of the molecule is CCOCc1nc(Cl)cc(Oc2ccc(F)cc2F)n1. The highest BCUT2D eigenvalue weighted by Crippen LogP contribution is 2.25. The molecule has 106 valence electrons. The lowest BCUT2D eigenvalue weighted by molar-refractivity contribution is 0.127. The lowest BCUT2D eigenvalue weighted by Gasteiger charge is -2.08. The number of benzene rings is 1. The van der Waals surface area contributed by atoms with Gasteiger partial charge in [-0.3, -0.25) is 0 Å². The van der Waals surface area contributed by atoms with Crippen molar-refractivity contribution in [2.24, 2.45) is 0 Å². The van der Waals surface area contributed by atoms with Crippen LogP contribution in [0.1, 0.15) is 12.7 Å². The lowest BCUT2D eigenvalue weighted by atomic mass is 10.3. The third kappa shape index (κ3) is 3.85. The van der Waals surface area contributed by atoms with Crippen molar-refractivity contribution in [3.8, 4) is 11.6 Å². The second-order valence-electron chi connectivity index (χ2n) is 3.76. The van der Waals surface area contributed by atoms with Gasteiger partial charge in [-0.2, -0.15) is 4.98 Å². The molecule has 2 aromatic rings. The Bertz CT molecular complexity index is 611. The van der Waals surface area contributed by atoms with Gasteiger partial charge in [-0.25, -0.2) is 13.8 Å². The van der Waals surface area contributed by atoms with Crippen LogP contribution in [0.4, 0.5) is 8.78 Å². The van der Waals surface area contributed by atoms with E-state index in [0.29, 0.717) is 12.4 Å². The van der Waals surface area contributed by atoms with Crippen LogP contribution >= 0.6 is 11.6 Å². The molecule has 2 rings (SSSR count). The maximum atomic E-state index is 13.5. The van der Waals surface area contributed by atoms with Crippen molar-refractivity contribution in [3.63, 3.8) is 0 Å². The first-order chi connectivity index (χ1) is 9.58. The van der Waals surface area contributed by atoms with Crippen molar-refractivity contribution in [2.75, 3.05) is 6.61 Å². The van der Waals surface area contributed by atoms with Gasteiger partial charge in [-0.05, 0) is 19.1 Å². The summed E-state index contributed by atoms with van der Waals surface area (Å²) in [6, 6.07) is 4.31. The molecular weight excluding hydrogens is 290 g/mol. The zero-order valence-corrected chi connectivity index (χ0v) is 11.3. The van der Waals surface area contributed by atoms with Crippen molar-refractivity contribution in [3.05, 3.63) is 46.9 Å². The smallest absolute Gasteiger partial charge is 0.224 e. The molecule has 0 spiro atoms. The zero-order valence-electron chi connectivity index (χ0n) is 10.6. The van der Waals surface area contributed by atoms with E-state index in [1.807, 2.05) is 6.92 Å². The van der Waals surface area contributed by atoms with Crippen LogP contribution < -0.4 is 4.74 Å². The molecule has 0 radical (unpaired) electrons. The maximum absolute atomic E-state index is 13.5. The van der Waals surface area contributed by atoms with Crippen molar-refractivity contribution in [1.29, 1.82) is 0 Å². The maximum Gasteiger partial charge on any atom is 0.224 e. The summed E-state index contributed by atoms with van der Waals surface area (Å²) in [7, 11) is 0. The number of hydrogen-bond acceptors (Lipinski definition) is 4. The standard InChI is InChI=1S/C13H11ClF2N2O2/c1-2-19-7-12-17-11(14)6-13(18-12)20-10-4-3-8(15)5-9(10)16/h3-6H,2,7H2,1H3. The summed E-state index contributed by atoms with van der Waals surface area (Å²) in [5.74, 6) is -1.29. The number of aromatic nitrogens is 2. The molecule has 0 N–H and O–H groups in total. The van der Waals surface area contributed by atoms with Crippen LogP contribution in [0.15, 0.2) is 24.3 Å². The Kier molecular flexibility index (Phi) is 4.81. The van der Waals surface area contributed by atoms with E-state index in [9.17, 15) is 8.78 Å². The van der Waals surface area contributed by atoms with Gasteiger partial charge >= 0.3 is 0 Å². The largest absolute Gasteiger partial charge is 0.436 e. The summed E-state index contributed by atoms with van der Waals surface area (Å²) in [4.78, 5) is 7.97. The molecule has 1 heterocycles. The van der Waals surface area contributed by atoms with E-state index in [1.165, 1.54) is 12.1 Å². The van der Waals surface area contributed by atoms with E-state index in [4.69, 9.17) is 21.1 Å². The summed E-state index contributed by atoms with van der Waals surface area (Å²) in [6.07, 6.45) is 0. The van der Waals surface area contributed by atoms with Crippen LogP contribution in [0.3, 0.4) is 0 Å². The molecule has 7 heteroatoms. The number of ether oxygens (including phenoxy) is 2. The van der Waals surface area contributed by atoms with E-state index >= 15 is 0 Å². The average Bonchev–Trinajstić information content (AvgIpc) is 2.39. The number of halogens is 3. The minimum absolute atomic E-state index is 0.0604. The van der Waals surface area contributed by atoms with Crippen LogP contribution in [-0.4, -0.2) is 16.6 Å². The highest BCUT2D eigenvalue weighted by atomic mass is 35.5. The molecule has 0 saturated heterocycles. The first kappa shape index (κ1) is 14.6. The van der Waals surface area contributed by atoms with Gasteiger partial charge in [0.1, 0.15) is 17.6 Å². The predicted octanol–water partition coefficient (Wildman–Crippen LogP) is 3.74. The number of hydrogen-bond donors (Lipinski definition) is 0. The second kappa shape index (κ2) is 6.58. The molecule has 0 aliphatic heterocycles. The normalized spacial score (nSPS) is 10.6. The Morgan fingerprint density at radius 3 is 2.70 bits per heavy atom. The van der Waals surface area contributed by atoms with Gasteiger partial charge in [-0.1, -0.05) is 11.6 Å². The van der Waals surface area contributed by atoms with Gasteiger partial charge in [0, 0.05) is 18.7 Å². The van der Waals surface area contributed by atoms with Gasteiger partial charge in [0.05, 0.1) is 0 Å². The summed E-state index contributed by atoms with van der Waals surface area (Å²) < 4.78 is 36.7. The first-order valence-corrected chi connectivity index (χ1v) is 6.20. The van der Waals surface area contributed by atoms with E-state index in [2.05, 4.69) is 9.97 Å². The molecule has 0 aliphatic rings. The Balaban J connectivity index is 2.21. The molecule has 4 nitrogen and oxygen atoms in total. The van der Waals surface area contributed by atoms with Crippen molar-refractivity contribution in [1.82, 2.24) is 9.97 Å². The molecule has 0 fully saturated rings. The molecule has 0 saturated carbocycles. The van der Waals surface area contributed by atoms with Crippen LogP contribution in [0.5, 0.6) is 11.6 Å². The van der Waals surface area contributed by atoms with Crippen LogP contribution in [-0.2, 0) is 11.3 Å². The zero-order chi connectivity index (χ0) is 14.5. The Labute approximate surface area is 119 Å². The van der Waals surface area contributed by atoms with E-state index in [0.717, 1.165) is 12.1 Å². The predicted molar refractivity (Wildman–Crippen MR) is 68.8 cm³/mol. The third-order valence-corrected chi connectivity index (χ3v) is 2.46. The molecular formula is C13H11ClF2N2O2. The van der Waals surface area contributed by atoms with Crippen LogP contribution in [0.25, 0.3) is 0 Å². The minimum atomic E-state index is -0.828. The van der Waals surface area contributed by atoms with Gasteiger partial charge in [0.2, 0.25) is 5.88 Å². The molecule has 20 heavy (non-hydrogen) atoms. The monoisotopic (exact) mass is 300 g/mol. The van der Waals surface area contributed by atoms with Gasteiger partial charge in [-0.15, -0.1) is 0 Å². The highest BCUT2D eigenvalue weighted by molar-refractivity contribution is 6.29. The Hall–Kier alpha value is -1.79. The Morgan fingerprint density at radius 2 is 2.00 bits per heavy atom. The fraction of sp³-hybridized carbons (Fsp3) is 0.231. The van der Waals surface area contributed by atoms with Gasteiger partial charge in [0.25, 0.3) is 0 Å². The number of rotatable bonds is 5. The molecule has 0 bridgehead atoms.